The molecule has 0 rings (SSSR count). The van der Waals surface area contributed by atoms with Gasteiger partial charge in [-0.15, -0.1) is 0 Å². The van der Waals surface area contributed by atoms with E-state index in [-0.39, 0.29) is 535 Å². The largest absolute Gasteiger partial charge is 0.481 e. The van der Waals surface area contributed by atoms with Crippen molar-refractivity contribution in [2.24, 2.45) is 0 Å². The molecule has 0 spiro atoms. The maximum absolute atomic E-state index is 9.00. The molecule has 0 saturated carbocycles. The number of carbonyl (C=O) groups is 13. The number of hydrogen-bond donors (Lipinski definition) is 100. The maximum Gasteiger partial charge on any atom is 0.300 e. The Morgan fingerprint density at radius 2 is 0.0647 bits per heavy atom. The first kappa shape index (κ1) is 2560. The zero-order chi connectivity index (χ0) is 46.5. The lowest BCUT2D eigenvalue weighted by Crippen LogP contribution is -1.78. The number of hydrogen-bond acceptors (Lipinski definition) is 100. The number of aliphatic carboxylic acids is 13. The summed E-state index contributed by atoms with van der Waals surface area (Å²) in [5.41, 5.74) is 0. The Morgan fingerprint density at radius 1 is 0.0647 bits per heavy atom. The summed E-state index contributed by atoms with van der Waals surface area (Å²) in [4.78, 5) is 117. The Labute approximate surface area is 830 Å². The molecule has 0 aliphatic carbocycles. The van der Waals surface area contributed by atoms with Gasteiger partial charge in [-0.1, -0.05) is 0 Å². The van der Waals surface area contributed by atoms with Gasteiger partial charge in [0.1, 0.15) is 0 Å². The summed E-state index contributed by atoms with van der Waals surface area (Å²) < 4.78 is 0. The second-order valence-electron chi connectivity index (χ2n) is 6.75. The van der Waals surface area contributed by atoms with Crippen LogP contribution in [0, 0.1) is 0 Å². The van der Waals surface area contributed by atoms with Crippen molar-refractivity contribution in [3.05, 3.63) is 0 Å². The van der Waals surface area contributed by atoms with Crippen LogP contribution in [0.3, 0.4) is 0 Å². The first-order valence-electron chi connectivity index (χ1n) is 12.1. The van der Waals surface area contributed by atoms with Gasteiger partial charge in [0.25, 0.3) is 77.6 Å². The zero-order valence-corrected chi connectivity index (χ0v) is 92.1. The molecule has 113 heteroatoms. The minimum absolute atomic E-state index is 0. The lowest BCUT2D eigenvalue weighted by molar-refractivity contribution is -0.135. The van der Waals surface area contributed by atoms with Crippen LogP contribution in [0.15, 0.2) is 0 Å². The van der Waals surface area contributed by atoms with Gasteiger partial charge in [0.2, 0.25) is 0 Å². The third-order valence-electron chi connectivity index (χ3n) is 0. The van der Waals surface area contributed by atoms with E-state index in [2.05, 4.69) is 0 Å². The summed E-state index contributed by atoms with van der Waals surface area (Å²) in [5.74, 6) is -10.8. The van der Waals surface area contributed by atoms with Crippen molar-refractivity contribution in [1.29, 1.82) is 0 Å². The highest BCUT2D eigenvalue weighted by Crippen LogP contribution is 1.46. The van der Waals surface area contributed by atoms with E-state index in [1.54, 1.807) is 0 Å². The summed E-state index contributed by atoms with van der Waals surface area (Å²) in [7, 11) is 0. The van der Waals surface area contributed by atoms with E-state index >= 15 is 0 Å². The molecule has 0 aromatic heterocycles. The van der Waals surface area contributed by atoms with Crippen LogP contribution in [-0.4, -0.2) is 144 Å². The predicted octanol–water partition coefficient (Wildman–Crippen LogP) is 15.3. The van der Waals surface area contributed by atoms with Crippen molar-refractivity contribution >= 4 is 77.6 Å². The van der Waals surface area contributed by atoms with Gasteiger partial charge in [0, 0.05) is 90.0 Å². The molecule has 0 heterocycles. The van der Waals surface area contributed by atoms with Gasteiger partial charge in [-0.25, -0.2) is 0 Å². The predicted molar refractivity (Wildman–Crippen MR) is 610 cm³/mol. The van der Waals surface area contributed by atoms with Crippen LogP contribution >= 0.6 is 0 Å². The molecule has 113 nitrogen and oxygen atoms in total. The molecule has 0 fully saturated rings. The third-order valence-corrected chi connectivity index (χ3v) is 0. The van der Waals surface area contributed by atoms with Crippen molar-refractivity contribution in [1.82, 2.24) is 535 Å². The van der Waals surface area contributed by atoms with Crippen molar-refractivity contribution in [2.45, 2.75) is 90.0 Å². The van der Waals surface area contributed by atoms with Crippen LogP contribution in [0.4, 0.5) is 0 Å². The van der Waals surface area contributed by atoms with Crippen molar-refractivity contribution in [3.8, 4) is 0 Å². The number of carboxylic acid groups (broad SMARTS) is 13. The van der Waals surface area contributed by atoms with Gasteiger partial charge in [-0.3, -0.25) is 62.3 Å². The van der Waals surface area contributed by atoms with Crippen molar-refractivity contribution in [3.63, 3.8) is 0 Å². The fraction of sp³-hybridized carbons (Fsp3) is 0.500. The molecule has 1008 valence electrons. The van der Waals surface area contributed by atoms with E-state index in [9.17, 15) is 0 Å². The van der Waals surface area contributed by atoms with Gasteiger partial charge in [0.15, 0.2) is 0 Å². The van der Waals surface area contributed by atoms with Gasteiger partial charge in [-0.05, 0) is 0 Å². The van der Waals surface area contributed by atoms with E-state index in [0.29, 0.717) is 0 Å². The van der Waals surface area contributed by atoms with Crippen molar-refractivity contribution < 1.29 is 129 Å². The van der Waals surface area contributed by atoms with Gasteiger partial charge >= 0.3 is 0 Å². The lowest BCUT2D eigenvalue weighted by Gasteiger charge is -1.59. The summed E-state index contributed by atoms with van der Waals surface area (Å²) in [5, 5.41) is 96.4. The molecule has 0 aromatic carbocycles. The van der Waals surface area contributed by atoms with Crippen LogP contribution in [0.25, 0.3) is 0 Å². The summed E-state index contributed by atoms with van der Waals surface area (Å²) in [6, 6.07) is 0. The molecule has 0 aromatic rings. The molecule has 0 unspecified atom stereocenters. The second kappa shape index (κ2) is 2500. The van der Waals surface area contributed by atoms with Crippen molar-refractivity contribution in [2.75, 3.05) is 0 Å². The fourth-order valence-corrected chi connectivity index (χ4v) is 0. The van der Waals surface area contributed by atoms with Crippen LogP contribution < -0.4 is 535 Å². The molecule has 0 bridgehead atoms. The van der Waals surface area contributed by atoms with Gasteiger partial charge < -0.3 is 601 Å². The first-order chi connectivity index (χ1) is 22.5. The normalized spacial score (nSPS) is 2.34. The average Bonchev–Trinajstić information content (AvgIpc) is 2.67. The second-order valence-corrected chi connectivity index (χ2v) is 6.75. The zero-order valence-electron chi connectivity index (χ0n) is 92.1. The van der Waals surface area contributed by atoms with E-state index in [1.165, 1.54) is 0 Å². The SMILES string of the molecule is CC(=O)O.CC(=O)O.CC(=O)O.CC(=O)O.CC(=O)O.CC(=O)O.CC(=O)O.CC(=O)O.CC(=O)O.CC(=O)O.CC(=O)O.CC(=O)O.CC(=O)O.N.N.N.N.N.N.N.N.N.N.N.N.N.N.N.N.N.N.N.N.N.N.N.N.N.N.N.N.N.N.N.N.N.N.N.N.N.N.N.N.N.N.N.N.N.N.N.N.N.N.N.N.N.N.N.N.N.N.N.N.N.N.N.N.N.N.N.N.N.N.N.N.N.N.N.N.N.N.N.N.N.N.N.N.N.N.N. The van der Waals surface area contributed by atoms with E-state index < -0.39 is 77.6 Å². The Kier molecular flexibility index (Phi) is 45900. The number of rotatable bonds is 0. The molecule has 274 N–H and O–H groups in total. The molecule has 0 aliphatic heterocycles. The van der Waals surface area contributed by atoms with E-state index in [4.69, 9.17) is 129 Å². The van der Waals surface area contributed by atoms with Crippen LogP contribution in [0.1, 0.15) is 90.0 Å². The molecule has 0 saturated heterocycles. The standard InChI is InChI=1S/13C2H4O2.87H3N/c13*1-2(3)4;;;;;;;;;;;;;;;;;;;;;;;;;;;;;;;;;;;;;;;;;;;;;;;;;;;;;;;;;;;;;;;;;;;;;;;;;;;;;;;;;;;;;;;/h13*1H3,(H,3,4);87*1H3. The van der Waals surface area contributed by atoms with Gasteiger partial charge in [-0.2, -0.15) is 0 Å². The minimum atomic E-state index is -0.833. The Balaban J connectivity index is -0.00000000115. The molecule has 0 aliphatic rings. The summed E-state index contributed by atoms with van der Waals surface area (Å²) in [6.45, 7) is 14.1. The molecular weight excluding hydrogens is 1950 g/mol. The Morgan fingerprint density at radius 3 is 0.0647 bits per heavy atom. The third kappa shape index (κ3) is 18700. The molecule has 0 radical (unpaired) electrons. The highest BCUT2D eigenvalue weighted by atomic mass is 16.4. The number of carboxylic acids is 13. The van der Waals surface area contributed by atoms with Gasteiger partial charge in [0.05, 0.1) is 0 Å². The van der Waals surface area contributed by atoms with E-state index in [0.717, 1.165) is 90.0 Å². The van der Waals surface area contributed by atoms with Crippen LogP contribution in [-0.2, 0) is 62.3 Å². The Hall–Kier alpha value is -10.4. The smallest absolute Gasteiger partial charge is 0.300 e. The molecular formula is C26H313N87O26. The Bertz CT molecular complexity index is 772. The molecule has 0 amide bonds. The van der Waals surface area contributed by atoms with E-state index in [1.807, 2.05) is 0 Å². The highest BCUT2D eigenvalue weighted by Gasteiger charge is 1.69. The van der Waals surface area contributed by atoms with Crippen LogP contribution in [0.2, 0.25) is 0 Å². The lowest BCUT2D eigenvalue weighted by atomic mass is 10.9. The maximum atomic E-state index is 9.00. The topological polar surface area (TPSA) is 3530 Å². The highest BCUT2D eigenvalue weighted by molar-refractivity contribution is 5.65. The minimum Gasteiger partial charge on any atom is -0.481 e. The first-order valence-corrected chi connectivity index (χ1v) is 12.1. The monoisotopic (exact) mass is 2260 g/mol. The average molecular weight is 2260 g/mol. The summed E-state index contributed by atoms with van der Waals surface area (Å²) >= 11 is 0. The van der Waals surface area contributed by atoms with Crippen LogP contribution in [0.5, 0.6) is 0 Å². The molecule has 0 atom stereocenters. The summed E-state index contributed by atoms with van der Waals surface area (Å²) in [6.07, 6.45) is 0. The molecule has 139 heavy (non-hydrogen) atoms. The quantitative estimate of drug-likeness (QED) is 0.107. The fourth-order valence-electron chi connectivity index (χ4n) is 0.